The summed E-state index contributed by atoms with van der Waals surface area (Å²) in [6.45, 7) is 2.02. The van der Waals surface area contributed by atoms with Gasteiger partial charge in [0.1, 0.15) is 5.82 Å². The molecule has 0 bridgehead atoms. The summed E-state index contributed by atoms with van der Waals surface area (Å²) in [6.07, 6.45) is 5.30. The van der Waals surface area contributed by atoms with Crippen molar-refractivity contribution in [3.05, 3.63) is 59.3 Å². The van der Waals surface area contributed by atoms with Crippen LogP contribution in [0.15, 0.2) is 42.6 Å². The van der Waals surface area contributed by atoms with Crippen LogP contribution in [0.25, 0.3) is 0 Å². The van der Waals surface area contributed by atoms with Gasteiger partial charge in [0.05, 0.1) is 6.04 Å². The Morgan fingerprint density at radius 2 is 2.10 bits per heavy atom. The Kier molecular flexibility index (Phi) is 4.15. The van der Waals surface area contributed by atoms with E-state index in [1.54, 1.807) is 0 Å². The van der Waals surface area contributed by atoms with Gasteiger partial charge in [-0.15, -0.1) is 0 Å². The molecule has 0 aliphatic heterocycles. The number of aryl methyl sites for hydroxylation is 2. The van der Waals surface area contributed by atoms with Crippen LogP contribution in [0.1, 0.15) is 35.6 Å². The summed E-state index contributed by atoms with van der Waals surface area (Å²) in [7, 11) is 0. The van der Waals surface area contributed by atoms with Crippen LogP contribution in [0, 0.1) is 6.92 Å². The molecular weight excluding hydrogens is 278 g/mol. The second-order valence-corrected chi connectivity index (χ2v) is 5.87. The molecule has 1 aliphatic rings. The van der Waals surface area contributed by atoms with Crippen LogP contribution >= 0.6 is 12.2 Å². The van der Waals surface area contributed by atoms with Gasteiger partial charge in [0.15, 0.2) is 5.11 Å². The molecule has 3 rings (SSSR count). The predicted molar refractivity (Wildman–Crippen MR) is 90.5 cm³/mol. The molecule has 3 nitrogen and oxygen atoms in total. The van der Waals surface area contributed by atoms with E-state index in [0.29, 0.717) is 11.2 Å². The average molecular weight is 297 g/mol. The van der Waals surface area contributed by atoms with E-state index >= 15 is 0 Å². The second-order valence-electron chi connectivity index (χ2n) is 5.46. The number of rotatable bonds is 2. The first-order valence-corrected chi connectivity index (χ1v) is 7.71. The third-order valence-corrected chi connectivity index (χ3v) is 4.05. The lowest BCUT2D eigenvalue weighted by Crippen LogP contribution is -2.34. The van der Waals surface area contributed by atoms with Crippen molar-refractivity contribution in [2.24, 2.45) is 0 Å². The Morgan fingerprint density at radius 1 is 1.24 bits per heavy atom. The van der Waals surface area contributed by atoms with Crippen molar-refractivity contribution in [3.63, 3.8) is 0 Å². The molecule has 4 heteroatoms. The number of pyridine rings is 1. The molecule has 1 aromatic carbocycles. The largest absolute Gasteiger partial charge is 0.356 e. The quantitative estimate of drug-likeness (QED) is 0.828. The van der Waals surface area contributed by atoms with Gasteiger partial charge in [-0.1, -0.05) is 30.3 Å². The third-order valence-electron chi connectivity index (χ3n) is 3.83. The van der Waals surface area contributed by atoms with Gasteiger partial charge in [-0.25, -0.2) is 4.98 Å². The molecule has 0 radical (unpaired) electrons. The topological polar surface area (TPSA) is 37.0 Å². The lowest BCUT2D eigenvalue weighted by molar-refractivity contribution is 0.529. The fourth-order valence-electron chi connectivity index (χ4n) is 2.76. The van der Waals surface area contributed by atoms with Gasteiger partial charge in [-0.2, -0.15) is 0 Å². The third kappa shape index (κ3) is 3.39. The van der Waals surface area contributed by atoms with E-state index in [9.17, 15) is 0 Å². The molecule has 1 atom stereocenters. The molecule has 0 fully saturated rings. The highest BCUT2D eigenvalue weighted by molar-refractivity contribution is 7.80. The molecule has 0 unspecified atom stereocenters. The van der Waals surface area contributed by atoms with Crippen LogP contribution in [0.3, 0.4) is 0 Å². The van der Waals surface area contributed by atoms with Crippen molar-refractivity contribution in [2.45, 2.75) is 32.2 Å². The first-order chi connectivity index (χ1) is 10.2. The number of hydrogen-bond donors (Lipinski definition) is 2. The summed E-state index contributed by atoms with van der Waals surface area (Å²) in [5.74, 6) is 0.780. The monoisotopic (exact) mass is 297 g/mol. The van der Waals surface area contributed by atoms with Gasteiger partial charge >= 0.3 is 0 Å². The first kappa shape index (κ1) is 14.0. The van der Waals surface area contributed by atoms with E-state index in [2.05, 4.69) is 39.9 Å². The highest BCUT2D eigenvalue weighted by Crippen LogP contribution is 2.29. The Labute approximate surface area is 130 Å². The summed E-state index contributed by atoms with van der Waals surface area (Å²) < 4.78 is 0. The molecule has 0 saturated heterocycles. The molecular formula is C17H19N3S. The van der Waals surface area contributed by atoms with E-state index in [1.165, 1.54) is 17.5 Å². The smallest absolute Gasteiger partial charge is 0.172 e. The van der Waals surface area contributed by atoms with Gasteiger partial charge in [0.25, 0.3) is 0 Å². The summed E-state index contributed by atoms with van der Waals surface area (Å²) in [4.78, 5) is 4.32. The van der Waals surface area contributed by atoms with Crippen LogP contribution in [-0.2, 0) is 6.42 Å². The molecule has 0 amide bonds. The van der Waals surface area contributed by atoms with Crippen LogP contribution in [0.5, 0.6) is 0 Å². The maximum absolute atomic E-state index is 5.42. The zero-order valence-electron chi connectivity index (χ0n) is 12.1. The van der Waals surface area contributed by atoms with Crippen LogP contribution in [-0.4, -0.2) is 10.1 Å². The van der Waals surface area contributed by atoms with Crippen LogP contribution in [0.4, 0.5) is 5.82 Å². The zero-order chi connectivity index (χ0) is 14.7. The normalized spacial score (nSPS) is 16.9. The van der Waals surface area contributed by atoms with E-state index in [4.69, 9.17) is 12.2 Å². The maximum atomic E-state index is 5.42. The summed E-state index contributed by atoms with van der Waals surface area (Å²) in [5, 5.41) is 7.21. The summed E-state index contributed by atoms with van der Waals surface area (Å²) in [6, 6.07) is 12.9. The molecule has 21 heavy (non-hydrogen) atoms. The van der Waals surface area contributed by atoms with Gasteiger partial charge in [0.2, 0.25) is 0 Å². The summed E-state index contributed by atoms with van der Waals surface area (Å²) >= 11 is 5.42. The number of benzene rings is 1. The Hall–Kier alpha value is -1.94. The van der Waals surface area contributed by atoms with E-state index in [-0.39, 0.29) is 0 Å². The Morgan fingerprint density at radius 3 is 2.90 bits per heavy atom. The Balaban J connectivity index is 1.67. The van der Waals surface area contributed by atoms with E-state index in [1.807, 2.05) is 25.3 Å². The molecule has 2 N–H and O–H groups in total. The highest BCUT2D eigenvalue weighted by atomic mass is 32.1. The van der Waals surface area contributed by atoms with Crippen LogP contribution < -0.4 is 10.6 Å². The minimum absolute atomic E-state index is 0.292. The molecule has 0 saturated carbocycles. The first-order valence-electron chi connectivity index (χ1n) is 7.30. The molecule has 1 aliphatic carbocycles. The number of thiocarbonyl (C=S) groups is 1. The zero-order valence-corrected chi connectivity index (χ0v) is 12.9. The SMILES string of the molecule is Cc1ccc(NC(=S)N[C@H]2CCCc3ccccc32)nc1. The number of nitrogens with one attached hydrogen (secondary N) is 2. The molecule has 2 aromatic rings. The van der Waals surface area contributed by atoms with Crippen molar-refractivity contribution in [1.29, 1.82) is 0 Å². The number of nitrogens with zero attached hydrogens (tertiary/aromatic N) is 1. The second kappa shape index (κ2) is 6.22. The van der Waals surface area contributed by atoms with Gasteiger partial charge in [-0.05, 0) is 61.2 Å². The fourth-order valence-corrected chi connectivity index (χ4v) is 3.00. The van der Waals surface area contributed by atoms with Crippen molar-refractivity contribution < 1.29 is 0 Å². The van der Waals surface area contributed by atoms with Crippen molar-refractivity contribution in [3.8, 4) is 0 Å². The average Bonchev–Trinajstić information content (AvgIpc) is 2.50. The summed E-state index contributed by atoms with van der Waals surface area (Å²) in [5.41, 5.74) is 3.93. The molecule has 1 aromatic heterocycles. The van der Waals surface area contributed by atoms with Crippen molar-refractivity contribution >= 4 is 23.1 Å². The van der Waals surface area contributed by atoms with Crippen LogP contribution in [0.2, 0.25) is 0 Å². The van der Waals surface area contributed by atoms with Crippen molar-refractivity contribution in [2.75, 3.05) is 5.32 Å². The lowest BCUT2D eigenvalue weighted by Gasteiger charge is -2.27. The van der Waals surface area contributed by atoms with Gasteiger partial charge < -0.3 is 10.6 Å². The van der Waals surface area contributed by atoms with E-state index in [0.717, 1.165) is 24.2 Å². The fraction of sp³-hybridized carbons (Fsp3) is 0.294. The van der Waals surface area contributed by atoms with Crippen molar-refractivity contribution in [1.82, 2.24) is 10.3 Å². The van der Waals surface area contributed by atoms with Gasteiger partial charge in [-0.3, -0.25) is 0 Å². The van der Waals surface area contributed by atoms with Gasteiger partial charge in [0, 0.05) is 6.20 Å². The number of hydrogen-bond acceptors (Lipinski definition) is 2. The predicted octanol–water partition coefficient (Wildman–Crippen LogP) is 3.75. The molecule has 0 spiro atoms. The number of aromatic nitrogens is 1. The standard InChI is InChI=1S/C17H19N3S/c1-12-9-10-16(18-11-12)20-17(21)19-15-8-4-6-13-5-2-3-7-14(13)15/h2-3,5,7,9-11,15H,4,6,8H2,1H3,(H2,18,19,20,21)/t15-/m0/s1. The lowest BCUT2D eigenvalue weighted by atomic mass is 9.88. The number of fused-ring (bicyclic) bond motifs is 1. The highest BCUT2D eigenvalue weighted by Gasteiger charge is 2.20. The van der Waals surface area contributed by atoms with E-state index < -0.39 is 0 Å². The maximum Gasteiger partial charge on any atom is 0.172 e. The number of anilines is 1. The molecule has 1 heterocycles. The minimum Gasteiger partial charge on any atom is -0.356 e. The minimum atomic E-state index is 0.292. The Bertz CT molecular complexity index is 637. The molecule has 108 valence electrons.